The van der Waals surface area contributed by atoms with Crippen molar-refractivity contribution in [3.8, 4) is 0 Å². The van der Waals surface area contributed by atoms with Gasteiger partial charge in [-0.3, -0.25) is 5.32 Å². The van der Waals surface area contributed by atoms with Crippen molar-refractivity contribution >= 4 is 51.0 Å². The summed E-state index contributed by atoms with van der Waals surface area (Å²) in [4.78, 5) is 42.2. The van der Waals surface area contributed by atoms with E-state index in [0.717, 1.165) is 22.7 Å². The molecule has 10 nitrogen and oxygen atoms in total. The number of aromatic nitrogens is 2. The Hall–Kier alpha value is -2.73. The fourth-order valence-corrected chi connectivity index (χ4v) is 2.88. The second kappa shape index (κ2) is 11.3. The highest BCUT2D eigenvalue weighted by Gasteiger charge is 2.18. The highest BCUT2D eigenvalue weighted by molar-refractivity contribution is 7.17. The standard InChI is InChI=1S/C11H16N2O4S.C6H8N2O2S/c1-5-16-8(14)7-6-12-9(18-7)13-10(15)17-11(2,3)4;1-2-10-5(9)4-3-8-6(7)11-4/h6H,5H2,1-4H3,(H,12,13,15);3H,2H2,1H3,(H2,7,8). The van der Waals surface area contributed by atoms with Crippen molar-refractivity contribution in [3.05, 3.63) is 22.1 Å². The Bertz CT molecular complexity index is 828. The molecule has 2 aromatic heterocycles. The van der Waals surface area contributed by atoms with Crippen LogP contribution < -0.4 is 11.1 Å². The van der Waals surface area contributed by atoms with Gasteiger partial charge < -0.3 is 19.9 Å². The molecule has 2 aromatic rings. The van der Waals surface area contributed by atoms with Gasteiger partial charge in [0.05, 0.1) is 25.6 Å². The first kappa shape index (κ1) is 24.3. The maximum absolute atomic E-state index is 11.5. The number of carbonyl (C=O) groups excluding carboxylic acids is 3. The Morgan fingerprint density at radius 1 is 1.00 bits per heavy atom. The molecule has 0 aliphatic carbocycles. The van der Waals surface area contributed by atoms with Crippen molar-refractivity contribution in [3.63, 3.8) is 0 Å². The molecule has 0 saturated carbocycles. The summed E-state index contributed by atoms with van der Waals surface area (Å²) in [7, 11) is 0. The highest BCUT2D eigenvalue weighted by Crippen LogP contribution is 2.20. The van der Waals surface area contributed by atoms with Gasteiger partial charge in [-0.15, -0.1) is 0 Å². The Kier molecular flexibility index (Phi) is 9.48. The van der Waals surface area contributed by atoms with E-state index in [1.54, 1.807) is 34.6 Å². The van der Waals surface area contributed by atoms with Crippen LogP contribution in [0.1, 0.15) is 54.0 Å². The van der Waals surface area contributed by atoms with Gasteiger partial charge >= 0.3 is 18.0 Å². The number of nitrogens with one attached hydrogen (secondary N) is 1. The topological polar surface area (TPSA) is 143 Å². The van der Waals surface area contributed by atoms with E-state index in [0.29, 0.717) is 33.2 Å². The number of hydrogen-bond donors (Lipinski definition) is 2. The predicted octanol–water partition coefficient (Wildman–Crippen LogP) is 3.57. The van der Waals surface area contributed by atoms with Crippen molar-refractivity contribution in [2.45, 2.75) is 40.2 Å². The molecule has 2 heterocycles. The van der Waals surface area contributed by atoms with Crippen molar-refractivity contribution in [1.82, 2.24) is 9.97 Å². The van der Waals surface area contributed by atoms with Crippen LogP contribution in [0.15, 0.2) is 12.4 Å². The molecule has 0 fully saturated rings. The van der Waals surface area contributed by atoms with Gasteiger partial charge in [0.2, 0.25) is 0 Å². The number of anilines is 2. The lowest BCUT2D eigenvalue weighted by molar-refractivity contribution is 0.0522. The van der Waals surface area contributed by atoms with Crippen LogP contribution in [0.25, 0.3) is 0 Å². The first-order chi connectivity index (χ1) is 13.6. The molecule has 3 N–H and O–H groups in total. The third kappa shape index (κ3) is 9.34. The maximum atomic E-state index is 11.5. The molecule has 2 rings (SSSR count). The van der Waals surface area contributed by atoms with Crippen molar-refractivity contribution < 1.29 is 28.6 Å². The lowest BCUT2D eigenvalue weighted by Gasteiger charge is -2.18. The Morgan fingerprint density at radius 2 is 1.52 bits per heavy atom. The first-order valence-corrected chi connectivity index (χ1v) is 10.2. The predicted molar refractivity (Wildman–Crippen MR) is 110 cm³/mol. The molecular weight excluding hydrogens is 420 g/mol. The van der Waals surface area contributed by atoms with Crippen LogP contribution in [-0.2, 0) is 14.2 Å². The van der Waals surface area contributed by atoms with E-state index in [9.17, 15) is 14.4 Å². The minimum absolute atomic E-state index is 0.297. The summed E-state index contributed by atoms with van der Waals surface area (Å²) >= 11 is 2.17. The molecule has 0 unspecified atom stereocenters. The molecular formula is C17H24N4O6S2. The average molecular weight is 445 g/mol. The molecule has 29 heavy (non-hydrogen) atoms. The van der Waals surface area contributed by atoms with Crippen LogP contribution in [0.5, 0.6) is 0 Å². The molecule has 0 atom stereocenters. The van der Waals surface area contributed by atoms with Gasteiger partial charge in [-0.2, -0.15) is 0 Å². The van der Waals surface area contributed by atoms with Gasteiger partial charge in [-0.05, 0) is 34.6 Å². The summed E-state index contributed by atoms with van der Waals surface area (Å²) in [5.41, 5.74) is 4.73. The van der Waals surface area contributed by atoms with E-state index >= 15 is 0 Å². The van der Waals surface area contributed by atoms with Gasteiger partial charge in [0, 0.05) is 0 Å². The van der Waals surface area contributed by atoms with Gasteiger partial charge in [-0.1, -0.05) is 22.7 Å². The third-order valence-electron chi connectivity index (χ3n) is 2.59. The molecule has 1 amide bonds. The third-order valence-corrected chi connectivity index (χ3v) is 4.29. The van der Waals surface area contributed by atoms with Gasteiger partial charge in [0.15, 0.2) is 10.3 Å². The number of rotatable bonds is 5. The molecule has 0 aliphatic heterocycles. The van der Waals surface area contributed by atoms with Crippen LogP contribution in [0, 0.1) is 0 Å². The normalized spacial score (nSPS) is 10.4. The first-order valence-electron chi connectivity index (χ1n) is 8.57. The van der Waals surface area contributed by atoms with Crippen molar-refractivity contribution in [1.29, 1.82) is 0 Å². The summed E-state index contributed by atoms with van der Waals surface area (Å²) in [6.45, 7) is 9.43. The maximum Gasteiger partial charge on any atom is 0.413 e. The zero-order chi connectivity index (χ0) is 22.0. The van der Waals surface area contributed by atoms with Crippen LogP contribution in [-0.4, -0.2) is 46.8 Å². The van der Waals surface area contributed by atoms with Crippen LogP contribution in [0.3, 0.4) is 0 Å². The second-order valence-corrected chi connectivity index (χ2v) is 8.25. The number of nitrogens with two attached hydrogens (primary N) is 1. The van der Waals surface area contributed by atoms with E-state index in [1.165, 1.54) is 12.4 Å². The molecule has 0 bridgehead atoms. The zero-order valence-electron chi connectivity index (χ0n) is 16.8. The molecule has 0 radical (unpaired) electrons. The SMILES string of the molecule is CCOC(=O)c1cnc(N)s1.CCOC(=O)c1cnc(NC(=O)OC(C)(C)C)s1. The number of esters is 2. The molecule has 0 aromatic carbocycles. The van der Waals surface area contributed by atoms with E-state index in [2.05, 4.69) is 15.3 Å². The van der Waals surface area contributed by atoms with Gasteiger partial charge in [0.25, 0.3) is 0 Å². The van der Waals surface area contributed by atoms with E-state index in [1.807, 2.05) is 0 Å². The Morgan fingerprint density at radius 3 is 1.97 bits per heavy atom. The van der Waals surface area contributed by atoms with Crippen molar-refractivity contribution in [2.75, 3.05) is 24.3 Å². The number of nitrogen functional groups attached to an aromatic ring is 1. The largest absolute Gasteiger partial charge is 0.462 e. The fraction of sp³-hybridized carbons (Fsp3) is 0.471. The Balaban J connectivity index is 0.000000326. The van der Waals surface area contributed by atoms with Gasteiger partial charge in [-0.25, -0.2) is 24.4 Å². The van der Waals surface area contributed by atoms with E-state index in [4.69, 9.17) is 19.9 Å². The number of thiazole rings is 2. The van der Waals surface area contributed by atoms with Crippen LogP contribution in [0.2, 0.25) is 0 Å². The molecule has 0 spiro atoms. The quantitative estimate of drug-likeness (QED) is 0.522. The number of carbonyl (C=O) groups is 3. The highest BCUT2D eigenvalue weighted by atomic mass is 32.1. The summed E-state index contributed by atoms with van der Waals surface area (Å²) < 4.78 is 14.6. The second-order valence-electron chi connectivity index (χ2n) is 6.16. The van der Waals surface area contributed by atoms with E-state index in [-0.39, 0.29) is 5.97 Å². The lowest BCUT2D eigenvalue weighted by atomic mass is 10.2. The Labute approximate surface area is 176 Å². The zero-order valence-corrected chi connectivity index (χ0v) is 18.4. The molecule has 160 valence electrons. The van der Waals surface area contributed by atoms with Crippen LogP contribution >= 0.6 is 22.7 Å². The number of amides is 1. The molecule has 0 aliphatic rings. The van der Waals surface area contributed by atoms with Gasteiger partial charge in [0.1, 0.15) is 15.4 Å². The monoisotopic (exact) mass is 444 g/mol. The average Bonchev–Trinajstić information content (AvgIpc) is 3.23. The summed E-state index contributed by atoms with van der Waals surface area (Å²) in [6, 6.07) is 0. The smallest absolute Gasteiger partial charge is 0.413 e. The number of hydrogen-bond acceptors (Lipinski definition) is 11. The number of ether oxygens (including phenoxy) is 3. The van der Waals surface area contributed by atoms with Crippen molar-refractivity contribution in [2.24, 2.45) is 0 Å². The summed E-state index contributed by atoms with van der Waals surface area (Å²) in [5.74, 6) is -0.811. The molecule has 12 heteroatoms. The summed E-state index contributed by atoms with van der Waals surface area (Å²) in [6.07, 6.45) is 2.17. The minimum atomic E-state index is -0.604. The molecule has 0 saturated heterocycles. The lowest BCUT2D eigenvalue weighted by Crippen LogP contribution is -2.27. The van der Waals surface area contributed by atoms with Crippen LogP contribution in [0.4, 0.5) is 15.1 Å². The summed E-state index contributed by atoms with van der Waals surface area (Å²) in [5, 5.41) is 3.14. The fourth-order valence-electron chi connectivity index (χ4n) is 1.60. The minimum Gasteiger partial charge on any atom is -0.462 e. The number of nitrogens with zero attached hydrogens (tertiary/aromatic N) is 2. The van der Waals surface area contributed by atoms with E-state index < -0.39 is 17.7 Å².